The first kappa shape index (κ1) is 36.2. The van der Waals surface area contributed by atoms with Crippen molar-refractivity contribution in [3.05, 3.63) is 108 Å². The molecule has 5 rings (SSSR count). The lowest BCUT2D eigenvalue weighted by atomic mass is 9.99. The molecular formula is C37H43N5O7S. The SMILES string of the molecule is COc1ccc(S(=O)(=O)Nc2cccc3c2O[C@H](CN(C)Cc2ccc(C(=O)Nc4ccccc4N)cc2)[C@H](C)CN([C@H](C)CO)C3=O)cc1. The first-order chi connectivity index (χ1) is 23.9. The summed E-state index contributed by atoms with van der Waals surface area (Å²) in [6.45, 7) is 4.75. The maximum absolute atomic E-state index is 13.9. The van der Waals surface area contributed by atoms with Crippen molar-refractivity contribution in [2.75, 3.05) is 49.6 Å². The van der Waals surface area contributed by atoms with E-state index < -0.39 is 22.2 Å². The van der Waals surface area contributed by atoms with Crippen molar-refractivity contribution in [2.24, 2.45) is 5.92 Å². The van der Waals surface area contributed by atoms with E-state index in [4.69, 9.17) is 15.2 Å². The molecule has 50 heavy (non-hydrogen) atoms. The highest BCUT2D eigenvalue weighted by molar-refractivity contribution is 7.92. The summed E-state index contributed by atoms with van der Waals surface area (Å²) in [5.74, 6) is -0.218. The van der Waals surface area contributed by atoms with Crippen molar-refractivity contribution in [3.8, 4) is 11.5 Å². The normalized spacial score (nSPS) is 16.8. The Morgan fingerprint density at radius 3 is 2.38 bits per heavy atom. The van der Waals surface area contributed by atoms with Crippen LogP contribution in [-0.4, -0.2) is 81.1 Å². The lowest BCUT2D eigenvalue weighted by molar-refractivity contribution is 0.0344. The van der Waals surface area contributed by atoms with Crippen LogP contribution >= 0.6 is 0 Å². The summed E-state index contributed by atoms with van der Waals surface area (Å²) in [5.41, 5.74) is 8.74. The van der Waals surface area contributed by atoms with Gasteiger partial charge in [0.2, 0.25) is 0 Å². The van der Waals surface area contributed by atoms with Gasteiger partial charge in [-0.3, -0.25) is 19.2 Å². The summed E-state index contributed by atoms with van der Waals surface area (Å²) in [4.78, 5) is 30.4. The molecule has 1 heterocycles. The number of carbonyl (C=O) groups excluding carboxylic acids is 2. The molecule has 0 spiro atoms. The molecule has 264 valence electrons. The van der Waals surface area contributed by atoms with Crippen LogP contribution in [0.25, 0.3) is 0 Å². The largest absolute Gasteiger partial charge is 0.497 e. The van der Waals surface area contributed by atoms with E-state index in [1.807, 2.05) is 26.1 Å². The lowest BCUT2D eigenvalue weighted by Crippen LogP contribution is -2.49. The van der Waals surface area contributed by atoms with Crippen LogP contribution in [0.2, 0.25) is 0 Å². The van der Waals surface area contributed by atoms with Gasteiger partial charge in [0.05, 0.1) is 47.3 Å². The number of nitrogens with one attached hydrogen (secondary N) is 2. The number of aliphatic hydroxyl groups is 1. The number of benzene rings is 4. The third-order valence-electron chi connectivity index (χ3n) is 8.67. The summed E-state index contributed by atoms with van der Waals surface area (Å²) in [6.07, 6.45) is -0.478. The van der Waals surface area contributed by atoms with Gasteiger partial charge in [0, 0.05) is 31.1 Å². The van der Waals surface area contributed by atoms with Crippen molar-refractivity contribution in [1.29, 1.82) is 0 Å². The molecule has 0 unspecified atom stereocenters. The Hall–Kier alpha value is -5.11. The molecule has 0 radical (unpaired) electrons. The molecule has 0 bridgehead atoms. The van der Waals surface area contributed by atoms with E-state index in [1.165, 1.54) is 19.2 Å². The number of nitrogens with zero attached hydrogens (tertiary/aromatic N) is 2. The predicted molar refractivity (Wildman–Crippen MR) is 193 cm³/mol. The molecule has 2 amide bonds. The number of amides is 2. The third kappa shape index (κ3) is 8.36. The minimum Gasteiger partial charge on any atom is -0.497 e. The number of methoxy groups -OCH3 is 1. The Morgan fingerprint density at radius 1 is 1.04 bits per heavy atom. The number of hydrogen-bond acceptors (Lipinski definition) is 9. The number of ether oxygens (including phenoxy) is 2. The fourth-order valence-corrected chi connectivity index (χ4v) is 6.81. The standard InChI is InChI=1S/C37H43N5O7S/c1-24-20-42(25(2)23-43)37(45)30-8-7-11-33(40-50(46,47)29-18-16-28(48-4)17-19-29)35(30)49-34(24)22-41(3)21-26-12-14-27(15-13-26)36(44)39-32-10-6-5-9-31(32)38/h5-19,24-25,34,40,43H,20-23,38H2,1-4H3,(H,39,44)/t24-,25-,34-/m1/s1. The van der Waals surface area contributed by atoms with Crippen molar-refractivity contribution in [3.63, 3.8) is 0 Å². The number of hydrogen-bond donors (Lipinski definition) is 4. The summed E-state index contributed by atoms with van der Waals surface area (Å²) in [5, 5.41) is 12.9. The van der Waals surface area contributed by atoms with Gasteiger partial charge in [-0.15, -0.1) is 0 Å². The van der Waals surface area contributed by atoms with Gasteiger partial charge in [-0.25, -0.2) is 8.42 Å². The number of fused-ring (bicyclic) bond motifs is 1. The summed E-state index contributed by atoms with van der Waals surface area (Å²) >= 11 is 0. The predicted octanol–water partition coefficient (Wildman–Crippen LogP) is 4.68. The molecule has 0 aliphatic carbocycles. The van der Waals surface area contributed by atoms with Crippen LogP contribution in [-0.2, 0) is 16.6 Å². The number of nitrogen functional groups attached to an aromatic ring is 1. The Labute approximate surface area is 292 Å². The summed E-state index contributed by atoms with van der Waals surface area (Å²) in [6, 6.07) is 24.6. The maximum atomic E-state index is 13.9. The minimum atomic E-state index is -4.06. The molecule has 13 heteroatoms. The Kier molecular flexibility index (Phi) is 11.3. The smallest absolute Gasteiger partial charge is 0.262 e. The van der Waals surface area contributed by atoms with Gasteiger partial charge in [-0.2, -0.15) is 0 Å². The van der Waals surface area contributed by atoms with Gasteiger partial charge in [0.15, 0.2) is 5.75 Å². The van der Waals surface area contributed by atoms with Crippen molar-refractivity contribution in [1.82, 2.24) is 9.80 Å². The van der Waals surface area contributed by atoms with Crippen LogP contribution in [0.1, 0.15) is 40.1 Å². The van der Waals surface area contributed by atoms with Crippen LogP contribution in [0, 0.1) is 5.92 Å². The number of sulfonamides is 1. The monoisotopic (exact) mass is 701 g/mol. The number of anilines is 3. The molecule has 0 fully saturated rings. The second kappa shape index (κ2) is 15.6. The lowest BCUT2D eigenvalue weighted by Gasteiger charge is -2.38. The zero-order valence-corrected chi connectivity index (χ0v) is 29.3. The van der Waals surface area contributed by atoms with E-state index in [1.54, 1.807) is 78.6 Å². The van der Waals surface area contributed by atoms with Gasteiger partial charge >= 0.3 is 0 Å². The highest BCUT2D eigenvalue weighted by Crippen LogP contribution is 2.36. The summed E-state index contributed by atoms with van der Waals surface area (Å²) in [7, 11) is -0.634. The number of aliphatic hydroxyl groups excluding tert-OH is 1. The molecule has 4 aromatic rings. The molecule has 4 aromatic carbocycles. The highest BCUT2D eigenvalue weighted by atomic mass is 32.2. The zero-order chi connectivity index (χ0) is 36.0. The number of para-hydroxylation sites is 3. The van der Waals surface area contributed by atoms with Crippen molar-refractivity contribution < 1.29 is 32.6 Å². The van der Waals surface area contributed by atoms with E-state index in [9.17, 15) is 23.1 Å². The van der Waals surface area contributed by atoms with Gasteiger partial charge in [-0.05, 0) is 80.2 Å². The third-order valence-corrected chi connectivity index (χ3v) is 10.1. The molecule has 0 aromatic heterocycles. The average molecular weight is 702 g/mol. The van der Waals surface area contributed by atoms with E-state index in [0.29, 0.717) is 42.3 Å². The zero-order valence-electron chi connectivity index (χ0n) is 28.5. The van der Waals surface area contributed by atoms with E-state index in [2.05, 4.69) is 14.9 Å². The molecule has 0 saturated carbocycles. The van der Waals surface area contributed by atoms with Crippen LogP contribution in [0.15, 0.2) is 95.9 Å². The second-order valence-corrected chi connectivity index (χ2v) is 14.2. The van der Waals surface area contributed by atoms with Crippen LogP contribution in [0.4, 0.5) is 17.1 Å². The van der Waals surface area contributed by atoms with Crippen molar-refractivity contribution in [2.45, 2.75) is 37.4 Å². The van der Waals surface area contributed by atoms with E-state index >= 15 is 0 Å². The number of likely N-dealkylation sites (N-methyl/N-ethyl adjacent to an activating group) is 1. The first-order valence-corrected chi connectivity index (χ1v) is 17.7. The Morgan fingerprint density at radius 2 is 1.72 bits per heavy atom. The fraction of sp³-hybridized carbons (Fsp3) is 0.297. The quantitative estimate of drug-likeness (QED) is 0.154. The number of carbonyl (C=O) groups is 2. The topological polar surface area (TPSA) is 164 Å². The average Bonchev–Trinajstić information content (AvgIpc) is 3.10. The van der Waals surface area contributed by atoms with Gasteiger partial charge < -0.3 is 30.5 Å². The molecule has 5 N–H and O–H groups in total. The highest BCUT2D eigenvalue weighted by Gasteiger charge is 2.35. The van der Waals surface area contributed by atoms with Gasteiger partial charge in [0.25, 0.3) is 21.8 Å². The van der Waals surface area contributed by atoms with Crippen LogP contribution in [0.3, 0.4) is 0 Å². The fourth-order valence-electron chi connectivity index (χ4n) is 5.75. The second-order valence-electron chi connectivity index (χ2n) is 12.5. The molecule has 3 atom stereocenters. The Bertz CT molecular complexity index is 1920. The Balaban J connectivity index is 1.37. The molecule has 1 aliphatic rings. The molecule has 1 aliphatic heterocycles. The van der Waals surface area contributed by atoms with Gasteiger partial charge in [-0.1, -0.05) is 37.3 Å². The maximum Gasteiger partial charge on any atom is 0.262 e. The number of rotatable bonds is 12. The summed E-state index contributed by atoms with van der Waals surface area (Å²) < 4.78 is 41.3. The molecular weight excluding hydrogens is 659 g/mol. The minimum absolute atomic E-state index is 0.0148. The number of nitrogens with two attached hydrogens (primary N) is 1. The van der Waals surface area contributed by atoms with E-state index in [-0.39, 0.29) is 46.2 Å². The van der Waals surface area contributed by atoms with Gasteiger partial charge in [0.1, 0.15) is 11.9 Å². The molecule has 12 nitrogen and oxygen atoms in total. The van der Waals surface area contributed by atoms with E-state index in [0.717, 1.165) is 5.56 Å². The van der Waals surface area contributed by atoms with Crippen LogP contribution < -0.4 is 25.2 Å². The van der Waals surface area contributed by atoms with Crippen molar-refractivity contribution >= 4 is 38.9 Å². The first-order valence-electron chi connectivity index (χ1n) is 16.2. The van der Waals surface area contributed by atoms with Crippen LogP contribution in [0.5, 0.6) is 11.5 Å². The molecule has 0 saturated heterocycles.